The molecule has 0 aliphatic heterocycles. The molecule has 17 heavy (non-hydrogen) atoms. The average molecular weight is 248 g/mol. The van der Waals surface area contributed by atoms with E-state index in [1.54, 1.807) is 11.8 Å². The molecule has 1 aromatic carbocycles. The van der Waals surface area contributed by atoms with Gasteiger partial charge in [0, 0.05) is 16.9 Å². The molecule has 0 saturated heterocycles. The number of aliphatic hydroxyl groups excluding tert-OH is 1. The van der Waals surface area contributed by atoms with Crippen LogP contribution in [0.25, 0.3) is 0 Å². The molecule has 0 spiro atoms. The third-order valence-electron chi connectivity index (χ3n) is 3.30. The van der Waals surface area contributed by atoms with E-state index >= 15 is 0 Å². The second-order valence-corrected chi connectivity index (χ2v) is 5.35. The second-order valence-electron chi connectivity index (χ2n) is 4.51. The molecule has 2 N–H and O–H groups in total. The minimum Gasteiger partial charge on any atom is -0.396 e. The van der Waals surface area contributed by atoms with E-state index in [1.807, 2.05) is 24.5 Å². The summed E-state index contributed by atoms with van der Waals surface area (Å²) in [6.45, 7) is 0.972. The number of hydrogen-bond acceptors (Lipinski definition) is 4. The van der Waals surface area contributed by atoms with Gasteiger partial charge < -0.3 is 10.4 Å². The van der Waals surface area contributed by atoms with E-state index in [1.165, 1.54) is 0 Å². The molecule has 1 aromatic rings. The Hall–Kier alpha value is -1.18. The number of thioether (sulfide) groups is 1. The molecule has 0 atom stereocenters. The Morgan fingerprint density at radius 2 is 2.29 bits per heavy atom. The van der Waals surface area contributed by atoms with Crippen molar-refractivity contribution in [2.24, 2.45) is 5.41 Å². The molecule has 1 aliphatic rings. The molecule has 1 saturated carbocycles. The van der Waals surface area contributed by atoms with Crippen molar-refractivity contribution >= 4 is 17.4 Å². The zero-order chi connectivity index (χ0) is 12.3. The van der Waals surface area contributed by atoms with E-state index in [2.05, 4.69) is 11.4 Å². The number of aliphatic hydroxyl groups is 1. The van der Waals surface area contributed by atoms with E-state index in [0.717, 1.165) is 30.0 Å². The van der Waals surface area contributed by atoms with Gasteiger partial charge in [0.25, 0.3) is 0 Å². The topological polar surface area (TPSA) is 56.0 Å². The maximum absolute atomic E-state index is 9.25. The van der Waals surface area contributed by atoms with Gasteiger partial charge in [-0.05, 0) is 31.2 Å². The predicted molar refractivity (Wildman–Crippen MR) is 70.2 cm³/mol. The molecule has 0 radical (unpaired) electrons. The molecule has 1 aliphatic carbocycles. The summed E-state index contributed by atoms with van der Waals surface area (Å²) in [6.07, 6.45) is 4.11. The first-order valence-electron chi connectivity index (χ1n) is 5.66. The second kappa shape index (κ2) is 4.99. The van der Waals surface area contributed by atoms with E-state index < -0.39 is 0 Å². The summed E-state index contributed by atoms with van der Waals surface area (Å²) in [4.78, 5) is 0.992. The zero-order valence-corrected chi connectivity index (χ0v) is 10.7. The third-order valence-corrected chi connectivity index (χ3v) is 4.08. The molecule has 90 valence electrons. The fourth-order valence-electron chi connectivity index (χ4n) is 1.81. The van der Waals surface area contributed by atoms with Crippen LogP contribution in [0.2, 0.25) is 0 Å². The van der Waals surface area contributed by atoms with Gasteiger partial charge >= 0.3 is 0 Å². The number of nitriles is 1. The third kappa shape index (κ3) is 2.56. The van der Waals surface area contributed by atoms with Gasteiger partial charge in [0.05, 0.1) is 17.9 Å². The Labute approximate surface area is 106 Å². The average Bonchev–Trinajstić information content (AvgIpc) is 3.16. The molecule has 0 heterocycles. The van der Waals surface area contributed by atoms with Crippen LogP contribution in [0.4, 0.5) is 5.69 Å². The Morgan fingerprint density at radius 1 is 1.53 bits per heavy atom. The molecular weight excluding hydrogens is 232 g/mol. The van der Waals surface area contributed by atoms with E-state index in [0.29, 0.717) is 5.56 Å². The molecular formula is C13H16N2OS. The van der Waals surface area contributed by atoms with Gasteiger partial charge in [0.1, 0.15) is 6.07 Å². The van der Waals surface area contributed by atoms with Crippen molar-refractivity contribution in [2.75, 3.05) is 24.7 Å². The highest BCUT2D eigenvalue weighted by Gasteiger charge is 2.41. The van der Waals surface area contributed by atoms with Gasteiger partial charge in [-0.2, -0.15) is 5.26 Å². The Kier molecular flexibility index (Phi) is 3.60. The van der Waals surface area contributed by atoms with E-state index in [-0.39, 0.29) is 12.0 Å². The highest BCUT2D eigenvalue weighted by Crippen LogP contribution is 2.45. The van der Waals surface area contributed by atoms with Crippen LogP contribution in [0, 0.1) is 16.7 Å². The number of rotatable bonds is 5. The lowest BCUT2D eigenvalue weighted by atomic mass is 10.1. The highest BCUT2D eigenvalue weighted by molar-refractivity contribution is 7.98. The summed E-state index contributed by atoms with van der Waals surface area (Å²) in [5.74, 6) is 0. The number of hydrogen-bond donors (Lipinski definition) is 2. The van der Waals surface area contributed by atoms with Crippen molar-refractivity contribution in [3.8, 4) is 6.07 Å². The molecule has 4 heteroatoms. The van der Waals surface area contributed by atoms with Crippen LogP contribution in [-0.4, -0.2) is 24.5 Å². The number of nitrogens with one attached hydrogen (secondary N) is 1. The lowest BCUT2D eigenvalue weighted by Gasteiger charge is -2.15. The highest BCUT2D eigenvalue weighted by atomic mass is 32.2. The van der Waals surface area contributed by atoms with Crippen molar-refractivity contribution in [1.29, 1.82) is 5.26 Å². The zero-order valence-electron chi connectivity index (χ0n) is 9.86. The van der Waals surface area contributed by atoms with Gasteiger partial charge in [-0.3, -0.25) is 0 Å². The van der Waals surface area contributed by atoms with Crippen molar-refractivity contribution in [1.82, 2.24) is 0 Å². The minimum atomic E-state index is 0.0576. The van der Waals surface area contributed by atoms with Crippen molar-refractivity contribution in [3.63, 3.8) is 0 Å². The van der Waals surface area contributed by atoms with Crippen molar-refractivity contribution < 1.29 is 5.11 Å². The Morgan fingerprint density at radius 3 is 2.82 bits per heavy atom. The normalized spacial score (nSPS) is 16.3. The first-order valence-corrected chi connectivity index (χ1v) is 6.89. The fourth-order valence-corrected chi connectivity index (χ4v) is 2.39. The Bertz CT molecular complexity index is 449. The van der Waals surface area contributed by atoms with Gasteiger partial charge in [-0.25, -0.2) is 0 Å². The van der Waals surface area contributed by atoms with E-state index in [9.17, 15) is 10.4 Å². The predicted octanol–water partition coefficient (Wildman–Crippen LogP) is 2.46. The maximum atomic E-state index is 9.25. The van der Waals surface area contributed by atoms with Crippen LogP contribution >= 0.6 is 11.8 Å². The summed E-state index contributed by atoms with van der Waals surface area (Å²) in [6, 6.07) is 8.07. The lowest BCUT2D eigenvalue weighted by molar-refractivity contribution is 0.220. The number of benzene rings is 1. The van der Waals surface area contributed by atoms with Crippen LogP contribution < -0.4 is 5.32 Å². The molecule has 0 aromatic heterocycles. The number of nitrogens with zero attached hydrogens (tertiary/aromatic N) is 1. The molecule has 3 nitrogen and oxygen atoms in total. The van der Waals surface area contributed by atoms with Crippen LogP contribution in [0.5, 0.6) is 0 Å². The summed E-state index contributed by atoms with van der Waals surface area (Å²) in [5, 5.41) is 21.7. The quantitative estimate of drug-likeness (QED) is 0.786. The van der Waals surface area contributed by atoms with Gasteiger partial charge in [-0.15, -0.1) is 11.8 Å². The summed E-state index contributed by atoms with van der Waals surface area (Å²) >= 11 is 1.58. The lowest BCUT2D eigenvalue weighted by Crippen LogP contribution is -2.19. The molecule has 2 rings (SSSR count). The van der Waals surface area contributed by atoms with Gasteiger partial charge in [-0.1, -0.05) is 6.07 Å². The van der Waals surface area contributed by atoms with Crippen LogP contribution in [0.1, 0.15) is 18.4 Å². The van der Waals surface area contributed by atoms with Crippen molar-refractivity contribution in [2.45, 2.75) is 17.7 Å². The van der Waals surface area contributed by atoms with Crippen LogP contribution in [0.3, 0.4) is 0 Å². The molecule has 0 bridgehead atoms. The molecule has 0 unspecified atom stereocenters. The first-order chi connectivity index (χ1) is 8.24. The van der Waals surface area contributed by atoms with Gasteiger partial charge in [0.2, 0.25) is 0 Å². The largest absolute Gasteiger partial charge is 0.396 e. The monoisotopic (exact) mass is 248 g/mol. The first kappa shape index (κ1) is 12.3. The molecule has 1 fully saturated rings. The smallest absolute Gasteiger partial charge is 0.102 e. The standard InChI is InChI=1S/C13H16N2OS/c1-17-12-4-2-3-11(10(12)7-14)15-8-13(9-16)5-6-13/h2-4,15-16H,5-6,8-9H2,1H3. The summed E-state index contributed by atoms with van der Waals surface area (Å²) in [7, 11) is 0. The van der Waals surface area contributed by atoms with Crippen LogP contribution in [0.15, 0.2) is 23.1 Å². The molecule has 0 amide bonds. The van der Waals surface area contributed by atoms with Gasteiger partial charge in [0.15, 0.2) is 0 Å². The Balaban J connectivity index is 2.13. The minimum absolute atomic E-state index is 0.0576. The number of anilines is 1. The van der Waals surface area contributed by atoms with E-state index in [4.69, 9.17) is 0 Å². The maximum Gasteiger partial charge on any atom is 0.102 e. The van der Waals surface area contributed by atoms with Crippen LogP contribution in [-0.2, 0) is 0 Å². The summed E-state index contributed by atoms with van der Waals surface area (Å²) in [5.41, 5.74) is 1.63. The SMILES string of the molecule is CSc1cccc(NCC2(CO)CC2)c1C#N. The fraction of sp³-hybridized carbons (Fsp3) is 0.462. The summed E-state index contributed by atoms with van der Waals surface area (Å²) < 4.78 is 0. The van der Waals surface area contributed by atoms with Crippen molar-refractivity contribution in [3.05, 3.63) is 23.8 Å².